The number of hydrogen-bond acceptors (Lipinski definition) is 3. The van der Waals surface area contributed by atoms with E-state index in [1.807, 2.05) is 53.5 Å². The van der Waals surface area contributed by atoms with Crippen molar-refractivity contribution in [1.82, 2.24) is 10.2 Å². The number of carbonyl (C=O) groups excluding carboxylic acids is 2. The SMILES string of the molecule is CC1CN(C(=O)c2ccc(CNC(=O)c3ccc(F)cc3I)cc2)CC(C)O1. The summed E-state index contributed by atoms with van der Waals surface area (Å²) in [7, 11) is 0. The van der Waals surface area contributed by atoms with Gasteiger partial charge in [-0.15, -0.1) is 0 Å². The molecule has 2 atom stereocenters. The Morgan fingerprint density at radius 3 is 2.39 bits per heavy atom. The Morgan fingerprint density at radius 1 is 1.14 bits per heavy atom. The molecule has 0 aromatic heterocycles. The molecule has 0 saturated carbocycles. The number of amides is 2. The third-order valence-electron chi connectivity index (χ3n) is 4.54. The van der Waals surface area contributed by atoms with Crippen LogP contribution in [-0.4, -0.2) is 42.0 Å². The molecule has 3 rings (SSSR count). The molecule has 2 aromatic carbocycles. The number of nitrogens with zero attached hydrogens (tertiary/aromatic N) is 1. The van der Waals surface area contributed by atoms with Crippen molar-refractivity contribution in [3.05, 3.63) is 68.5 Å². The molecule has 7 heteroatoms. The lowest BCUT2D eigenvalue weighted by Crippen LogP contribution is -2.48. The molecule has 1 N–H and O–H groups in total. The van der Waals surface area contributed by atoms with E-state index >= 15 is 0 Å². The van der Waals surface area contributed by atoms with Gasteiger partial charge in [-0.2, -0.15) is 0 Å². The van der Waals surface area contributed by atoms with Crippen molar-refractivity contribution in [2.75, 3.05) is 13.1 Å². The fourth-order valence-electron chi connectivity index (χ4n) is 3.24. The van der Waals surface area contributed by atoms with Crippen LogP contribution in [0.4, 0.5) is 4.39 Å². The first kappa shape index (κ1) is 20.7. The predicted octanol–water partition coefficient (Wildman–Crippen LogP) is 3.61. The Hall–Kier alpha value is -2.00. The van der Waals surface area contributed by atoms with Crippen molar-refractivity contribution in [3.8, 4) is 0 Å². The lowest BCUT2D eigenvalue weighted by atomic mass is 10.1. The summed E-state index contributed by atoms with van der Waals surface area (Å²) in [5.74, 6) is -0.649. The molecule has 5 nitrogen and oxygen atoms in total. The second-order valence-corrected chi connectivity index (χ2v) is 8.13. The van der Waals surface area contributed by atoms with Crippen molar-refractivity contribution in [1.29, 1.82) is 0 Å². The normalized spacial score (nSPS) is 19.4. The van der Waals surface area contributed by atoms with Gasteiger partial charge in [0.1, 0.15) is 5.82 Å². The zero-order valence-corrected chi connectivity index (χ0v) is 17.9. The molecule has 1 aliphatic rings. The maximum absolute atomic E-state index is 13.2. The van der Waals surface area contributed by atoms with Crippen LogP contribution >= 0.6 is 22.6 Å². The number of ether oxygens (including phenoxy) is 1. The summed E-state index contributed by atoms with van der Waals surface area (Å²) >= 11 is 1.94. The highest BCUT2D eigenvalue weighted by Crippen LogP contribution is 2.16. The van der Waals surface area contributed by atoms with Crippen molar-refractivity contribution >= 4 is 34.4 Å². The van der Waals surface area contributed by atoms with Crippen LogP contribution in [0.3, 0.4) is 0 Å². The Bertz CT molecular complexity index is 862. The number of morpholine rings is 1. The van der Waals surface area contributed by atoms with Crippen molar-refractivity contribution < 1.29 is 18.7 Å². The van der Waals surface area contributed by atoms with E-state index in [0.29, 0.717) is 34.3 Å². The summed E-state index contributed by atoms with van der Waals surface area (Å²) in [5.41, 5.74) is 1.93. The number of hydrogen-bond donors (Lipinski definition) is 1. The third kappa shape index (κ3) is 5.08. The average Bonchev–Trinajstić information content (AvgIpc) is 2.65. The van der Waals surface area contributed by atoms with Gasteiger partial charge in [-0.3, -0.25) is 9.59 Å². The molecule has 2 unspecified atom stereocenters. The first-order valence-corrected chi connectivity index (χ1v) is 10.2. The molecular formula is C21H22FIN2O3. The molecule has 0 bridgehead atoms. The first-order chi connectivity index (χ1) is 13.3. The Balaban J connectivity index is 1.60. The van der Waals surface area contributed by atoms with Crippen LogP contribution in [0, 0.1) is 9.39 Å². The maximum Gasteiger partial charge on any atom is 0.254 e. The molecule has 2 amide bonds. The summed E-state index contributed by atoms with van der Waals surface area (Å²) in [5, 5.41) is 2.82. The minimum Gasteiger partial charge on any atom is -0.372 e. The summed E-state index contributed by atoms with van der Waals surface area (Å²) in [4.78, 5) is 26.8. The molecule has 1 aliphatic heterocycles. The van der Waals surface area contributed by atoms with Crippen molar-refractivity contribution in [2.45, 2.75) is 32.6 Å². The second-order valence-electron chi connectivity index (χ2n) is 6.97. The fourth-order valence-corrected chi connectivity index (χ4v) is 3.96. The summed E-state index contributed by atoms with van der Waals surface area (Å²) < 4.78 is 19.4. The zero-order valence-electron chi connectivity index (χ0n) is 15.7. The van der Waals surface area contributed by atoms with E-state index in [1.165, 1.54) is 18.2 Å². The maximum atomic E-state index is 13.2. The van der Waals surface area contributed by atoms with Crippen LogP contribution in [0.25, 0.3) is 0 Å². The van der Waals surface area contributed by atoms with Gasteiger partial charge in [-0.1, -0.05) is 12.1 Å². The van der Waals surface area contributed by atoms with Crippen LogP contribution in [0.15, 0.2) is 42.5 Å². The average molecular weight is 496 g/mol. The topological polar surface area (TPSA) is 58.6 Å². The second kappa shape index (κ2) is 9.00. The molecule has 2 aromatic rings. The van der Waals surface area contributed by atoms with Gasteiger partial charge in [0.05, 0.1) is 17.8 Å². The van der Waals surface area contributed by atoms with Crippen molar-refractivity contribution in [3.63, 3.8) is 0 Å². The third-order valence-corrected chi connectivity index (χ3v) is 5.43. The molecule has 0 aliphatic carbocycles. The minimum atomic E-state index is -0.370. The smallest absolute Gasteiger partial charge is 0.254 e. The van der Waals surface area contributed by atoms with E-state index in [2.05, 4.69) is 5.32 Å². The lowest BCUT2D eigenvalue weighted by Gasteiger charge is -2.35. The van der Waals surface area contributed by atoms with Gasteiger partial charge >= 0.3 is 0 Å². The number of rotatable bonds is 4. The van der Waals surface area contributed by atoms with E-state index in [1.54, 1.807) is 12.1 Å². The Morgan fingerprint density at radius 2 is 1.79 bits per heavy atom. The molecule has 28 heavy (non-hydrogen) atoms. The highest BCUT2D eigenvalue weighted by molar-refractivity contribution is 14.1. The predicted molar refractivity (Wildman–Crippen MR) is 113 cm³/mol. The monoisotopic (exact) mass is 496 g/mol. The Kier molecular flexibility index (Phi) is 6.66. The summed E-state index contributed by atoms with van der Waals surface area (Å²) in [6.07, 6.45) is 0.0490. The molecule has 1 fully saturated rings. The van der Waals surface area contributed by atoms with E-state index < -0.39 is 0 Å². The van der Waals surface area contributed by atoms with Gasteiger partial charge in [-0.25, -0.2) is 4.39 Å². The van der Waals surface area contributed by atoms with E-state index in [0.717, 1.165) is 5.56 Å². The molecule has 1 saturated heterocycles. The largest absolute Gasteiger partial charge is 0.372 e. The standard InChI is InChI=1S/C21H22FIN2O3/c1-13-11-25(12-14(2)28-13)21(27)16-5-3-15(4-6-16)10-24-20(26)18-8-7-17(22)9-19(18)23/h3-9,13-14H,10-12H2,1-2H3,(H,24,26). The molecule has 0 spiro atoms. The number of halogens is 2. The number of carbonyl (C=O) groups is 2. The fraction of sp³-hybridized carbons (Fsp3) is 0.333. The molecular weight excluding hydrogens is 474 g/mol. The van der Waals surface area contributed by atoms with Gasteiger partial charge in [0, 0.05) is 28.8 Å². The van der Waals surface area contributed by atoms with Crippen LogP contribution in [-0.2, 0) is 11.3 Å². The quantitative estimate of drug-likeness (QED) is 0.659. The molecule has 148 valence electrons. The van der Waals surface area contributed by atoms with Gasteiger partial charge in [0.2, 0.25) is 0 Å². The van der Waals surface area contributed by atoms with E-state index in [9.17, 15) is 14.0 Å². The first-order valence-electron chi connectivity index (χ1n) is 9.10. The van der Waals surface area contributed by atoms with Crippen LogP contribution < -0.4 is 5.32 Å². The van der Waals surface area contributed by atoms with Gasteiger partial charge in [0.15, 0.2) is 0 Å². The highest BCUT2D eigenvalue weighted by atomic mass is 127. The van der Waals surface area contributed by atoms with Gasteiger partial charge < -0.3 is 15.0 Å². The zero-order chi connectivity index (χ0) is 20.3. The van der Waals surface area contributed by atoms with Crippen LogP contribution in [0.5, 0.6) is 0 Å². The van der Waals surface area contributed by atoms with Crippen molar-refractivity contribution in [2.24, 2.45) is 0 Å². The van der Waals surface area contributed by atoms with Gasteiger partial charge in [0.25, 0.3) is 11.8 Å². The van der Waals surface area contributed by atoms with Crippen LogP contribution in [0.2, 0.25) is 0 Å². The Labute approximate surface area is 177 Å². The molecule has 1 heterocycles. The van der Waals surface area contributed by atoms with Gasteiger partial charge in [-0.05, 0) is 72.3 Å². The van der Waals surface area contributed by atoms with E-state index in [4.69, 9.17) is 4.74 Å². The number of benzene rings is 2. The lowest BCUT2D eigenvalue weighted by molar-refractivity contribution is -0.0586. The van der Waals surface area contributed by atoms with E-state index in [-0.39, 0.29) is 29.8 Å². The number of nitrogens with one attached hydrogen (secondary N) is 1. The van der Waals surface area contributed by atoms with Crippen LogP contribution in [0.1, 0.15) is 40.1 Å². The minimum absolute atomic E-state index is 0.0153. The summed E-state index contributed by atoms with van der Waals surface area (Å²) in [6.45, 7) is 5.41. The molecule has 0 radical (unpaired) electrons. The highest BCUT2D eigenvalue weighted by Gasteiger charge is 2.26. The summed E-state index contributed by atoms with van der Waals surface area (Å²) in [6, 6.07) is 11.3.